The van der Waals surface area contributed by atoms with Gasteiger partial charge in [0.1, 0.15) is 22.5 Å². The third-order valence-electron chi connectivity index (χ3n) is 5.80. The first-order valence-corrected chi connectivity index (χ1v) is 11.9. The van der Waals surface area contributed by atoms with Gasteiger partial charge in [-0.3, -0.25) is 19.2 Å². The number of methoxy groups -OCH3 is 2. The number of hydrogen-bond acceptors (Lipinski definition) is 9. The molecule has 1 spiro atoms. The minimum Gasteiger partial charge on any atom is -0.468 e. The van der Waals surface area contributed by atoms with E-state index in [1.54, 1.807) is 53.7 Å². The largest absolute Gasteiger partial charge is 0.468 e. The number of amides is 2. The van der Waals surface area contributed by atoms with E-state index in [4.69, 9.17) is 18.9 Å². The first-order valence-electron chi connectivity index (χ1n) is 10.8. The minimum absolute atomic E-state index is 0.0907. The highest BCUT2D eigenvalue weighted by Gasteiger charge is 2.96. The summed E-state index contributed by atoms with van der Waals surface area (Å²) < 4.78 is 21.5. The van der Waals surface area contributed by atoms with Gasteiger partial charge in [-0.1, -0.05) is 0 Å². The van der Waals surface area contributed by atoms with Crippen molar-refractivity contribution in [2.24, 2.45) is 11.3 Å². The Morgan fingerprint density at radius 3 is 1.89 bits per heavy atom. The van der Waals surface area contributed by atoms with Crippen LogP contribution in [0.4, 0.5) is 10.5 Å². The van der Waals surface area contributed by atoms with E-state index < -0.39 is 57.9 Å². The van der Waals surface area contributed by atoms with Crippen molar-refractivity contribution in [3.05, 3.63) is 27.3 Å². The summed E-state index contributed by atoms with van der Waals surface area (Å²) in [5.41, 5.74) is -6.25. The second-order valence-electron chi connectivity index (χ2n) is 10.3. The average Bonchev–Trinajstić information content (AvgIpc) is 3.30. The number of anilines is 1. The number of imide groups is 1. The van der Waals surface area contributed by atoms with E-state index in [0.717, 1.165) is 19.1 Å². The van der Waals surface area contributed by atoms with E-state index in [-0.39, 0.29) is 11.3 Å². The number of carbonyl (C=O) groups is 5. The van der Waals surface area contributed by atoms with Gasteiger partial charge in [-0.05, 0) is 87.9 Å². The summed E-state index contributed by atoms with van der Waals surface area (Å²) in [5, 5.41) is 0. The van der Waals surface area contributed by atoms with Crippen molar-refractivity contribution in [2.45, 2.75) is 58.2 Å². The van der Waals surface area contributed by atoms with Crippen molar-refractivity contribution in [3.8, 4) is 0 Å². The highest BCUT2D eigenvalue weighted by atomic mass is 127. The average molecular weight is 601 g/mol. The van der Waals surface area contributed by atoms with Crippen molar-refractivity contribution < 1.29 is 42.9 Å². The number of rotatable bonds is 3. The molecule has 0 saturated heterocycles. The minimum atomic E-state index is -2.40. The number of ether oxygens (including phenoxy) is 4. The topological polar surface area (TPSA) is 126 Å². The SMILES string of the molecule is COC(=O)C1(C(=O)OC)[C@@H](C(=O)OC(C)(C)C)[C@]12C(=O)N(C(=O)OC(C)(C)C)c1ccc(I)cc12. The number of fused-ring (bicyclic) bond motifs is 2. The van der Waals surface area contributed by atoms with Gasteiger partial charge in [0.25, 0.3) is 0 Å². The van der Waals surface area contributed by atoms with Crippen LogP contribution in [-0.4, -0.2) is 55.3 Å². The quantitative estimate of drug-likeness (QED) is 0.222. The molecule has 35 heavy (non-hydrogen) atoms. The molecule has 1 aliphatic heterocycles. The normalized spacial score (nSPS) is 22.4. The van der Waals surface area contributed by atoms with Crippen LogP contribution in [-0.2, 0) is 43.5 Å². The van der Waals surface area contributed by atoms with Crippen molar-refractivity contribution in [2.75, 3.05) is 19.1 Å². The smallest absolute Gasteiger partial charge is 0.421 e. The zero-order valence-corrected chi connectivity index (χ0v) is 23.0. The molecule has 3 rings (SSSR count). The summed E-state index contributed by atoms with van der Waals surface area (Å²) in [6, 6.07) is 4.69. The van der Waals surface area contributed by atoms with Gasteiger partial charge in [-0.15, -0.1) is 0 Å². The Morgan fingerprint density at radius 1 is 0.914 bits per heavy atom. The molecule has 0 N–H and O–H groups in total. The fourth-order valence-electron chi connectivity index (χ4n) is 4.72. The lowest BCUT2D eigenvalue weighted by atomic mass is 9.86. The van der Waals surface area contributed by atoms with Crippen LogP contribution in [0.1, 0.15) is 47.1 Å². The van der Waals surface area contributed by atoms with Gasteiger partial charge in [-0.2, -0.15) is 0 Å². The third kappa shape index (κ3) is 3.87. The molecule has 1 heterocycles. The van der Waals surface area contributed by atoms with E-state index in [2.05, 4.69) is 0 Å². The van der Waals surface area contributed by atoms with Crippen LogP contribution in [0.5, 0.6) is 0 Å². The van der Waals surface area contributed by atoms with Crippen LogP contribution in [0.2, 0.25) is 0 Å². The van der Waals surface area contributed by atoms with Crippen LogP contribution in [0, 0.1) is 14.9 Å². The summed E-state index contributed by atoms with van der Waals surface area (Å²) in [7, 11) is 2.07. The van der Waals surface area contributed by atoms with E-state index >= 15 is 0 Å². The fourth-order valence-corrected chi connectivity index (χ4v) is 5.21. The summed E-state index contributed by atoms with van der Waals surface area (Å²) in [4.78, 5) is 68.0. The third-order valence-corrected chi connectivity index (χ3v) is 6.47. The first kappa shape index (κ1) is 26.9. The van der Waals surface area contributed by atoms with Gasteiger partial charge in [0, 0.05) is 3.57 Å². The number of esters is 3. The molecule has 2 atom stereocenters. The van der Waals surface area contributed by atoms with Gasteiger partial charge in [0.05, 0.1) is 19.9 Å². The standard InChI is InChI=1S/C24H28INO9/c1-21(2,3)34-16(27)15-23(24(15,18(29)32-7)19(30)33-8)13-11-12(25)9-10-14(13)26(17(23)28)20(31)35-22(4,5)6/h9-11,15H,1-8H3/t15-,23+/m0/s1. The molecule has 1 aromatic rings. The Hall–Kier alpha value is -2.70. The number of hydrogen-bond donors (Lipinski definition) is 0. The highest BCUT2D eigenvalue weighted by Crippen LogP contribution is 2.75. The Labute approximate surface area is 216 Å². The van der Waals surface area contributed by atoms with Gasteiger partial charge >= 0.3 is 24.0 Å². The lowest BCUT2D eigenvalue weighted by Crippen LogP contribution is -2.45. The van der Waals surface area contributed by atoms with E-state index in [1.165, 1.54) is 6.07 Å². The summed E-state index contributed by atoms with van der Waals surface area (Å²) in [6.07, 6.45) is -1.01. The molecule has 0 aromatic heterocycles. The molecule has 11 heteroatoms. The van der Waals surface area contributed by atoms with Crippen molar-refractivity contribution in [1.29, 1.82) is 0 Å². The molecule has 1 aliphatic carbocycles. The first-order chi connectivity index (χ1) is 16.0. The highest BCUT2D eigenvalue weighted by molar-refractivity contribution is 14.1. The Bertz CT molecular complexity index is 1110. The summed E-state index contributed by atoms with van der Waals surface area (Å²) in [5.74, 6) is -5.88. The predicted molar refractivity (Wildman–Crippen MR) is 130 cm³/mol. The fraction of sp³-hybridized carbons (Fsp3) is 0.542. The number of halogens is 1. The molecule has 2 aliphatic rings. The van der Waals surface area contributed by atoms with Crippen molar-refractivity contribution in [3.63, 3.8) is 0 Å². The molecule has 1 aromatic carbocycles. The van der Waals surface area contributed by atoms with Crippen molar-refractivity contribution in [1.82, 2.24) is 0 Å². The predicted octanol–water partition coefficient (Wildman–Crippen LogP) is 3.11. The Balaban J connectivity index is 2.35. The van der Waals surface area contributed by atoms with Gasteiger partial charge in [-0.25, -0.2) is 9.69 Å². The van der Waals surface area contributed by atoms with Crippen LogP contribution in [0.25, 0.3) is 0 Å². The number of carbonyl (C=O) groups excluding carboxylic acids is 5. The monoisotopic (exact) mass is 601 g/mol. The molecular formula is C24H28INO9. The molecule has 0 bridgehead atoms. The van der Waals surface area contributed by atoms with Crippen molar-refractivity contribution >= 4 is 58.2 Å². The summed E-state index contributed by atoms with van der Waals surface area (Å²) in [6.45, 7) is 9.71. The van der Waals surface area contributed by atoms with Gasteiger partial charge < -0.3 is 18.9 Å². The van der Waals surface area contributed by atoms with Gasteiger partial charge in [0.15, 0.2) is 5.41 Å². The number of nitrogens with zero attached hydrogens (tertiary/aromatic N) is 1. The van der Waals surface area contributed by atoms with Gasteiger partial charge in [0.2, 0.25) is 5.91 Å². The van der Waals surface area contributed by atoms with Crippen LogP contribution in [0.3, 0.4) is 0 Å². The second kappa shape index (κ2) is 8.45. The number of benzene rings is 1. The molecule has 190 valence electrons. The molecule has 1 saturated carbocycles. The van der Waals surface area contributed by atoms with E-state index in [1.807, 2.05) is 22.6 Å². The van der Waals surface area contributed by atoms with E-state index in [9.17, 15) is 24.0 Å². The van der Waals surface area contributed by atoms with Crippen LogP contribution < -0.4 is 4.90 Å². The van der Waals surface area contributed by atoms with Crippen LogP contribution >= 0.6 is 22.6 Å². The maximum atomic E-state index is 14.1. The summed E-state index contributed by atoms with van der Waals surface area (Å²) >= 11 is 1.99. The maximum absolute atomic E-state index is 14.1. The zero-order valence-electron chi connectivity index (χ0n) is 20.8. The lowest BCUT2D eigenvalue weighted by molar-refractivity contribution is -0.169. The molecule has 2 amide bonds. The van der Waals surface area contributed by atoms with Crippen LogP contribution in [0.15, 0.2) is 18.2 Å². The molecule has 10 nitrogen and oxygen atoms in total. The maximum Gasteiger partial charge on any atom is 0.421 e. The molecular weight excluding hydrogens is 573 g/mol. The molecule has 0 radical (unpaired) electrons. The second-order valence-corrected chi connectivity index (χ2v) is 11.6. The zero-order chi connectivity index (χ0) is 26.7. The molecule has 1 fully saturated rings. The Morgan fingerprint density at radius 2 is 1.43 bits per heavy atom. The molecule has 0 unspecified atom stereocenters. The van der Waals surface area contributed by atoms with E-state index in [0.29, 0.717) is 3.57 Å². The Kier molecular flexibility index (Phi) is 6.50. The lowest BCUT2D eigenvalue weighted by Gasteiger charge is -2.24.